The van der Waals surface area contributed by atoms with E-state index in [0.717, 1.165) is 29.9 Å². The molecular weight excluding hydrogens is 268 g/mol. The number of carbonyl (C=O) groups excluding carboxylic acids is 1. The zero-order chi connectivity index (χ0) is 13.9. The van der Waals surface area contributed by atoms with Crippen molar-refractivity contribution >= 4 is 17.5 Å². The summed E-state index contributed by atoms with van der Waals surface area (Å²) < 4.78 is 0. The van der Waals surface area contributed by atoms with Crippen molar-refractivity contribution in [3.8, 4) is 11.4 Å². The van der Waals surface area contributed by atoms with E-state index in [1.54, 1.807) is 6.20 Å². The highest BCUT2D eigenvalue weighted by Gasteiger charge is 2.19. The highest BCUT2D eigenvalue weighted by Crippen LogP contribution is 2.24. The third-order valence-electron chi connectivity index (χ3n) is 3.41. The molecule has 0 amide bonds. The van der Waals surface area contributed by atoms with Crippen molar-refractivity contribution in [2.75, 3.05) is 5.75 Å². The number of fused-ring (bicyclic) bond motifs is 1. The van der Waals surface area contributed by atoms with Crippen LogP contribution in [0.25, 0.3) is 11.4 Å². The van der Waals surface area contributed by atoms with Gasteiger partial charge in [0.05, 0.1) is 11.3 Å². The minimum atomic E-state index is 0.174. The van der Waals surface area contributed by atoms with Crippen LogP contribution in [0.1, 0.15) is 35.8 Å². The Labute approximate surface area is 122 Å². The van der Waals surface area contributed by atoms with Gasteiger partial charge < -0.3 is 0 Å². The van der Waals surface area contributed by atoms with Crippen molar-refractivity contribution in [3.05, 3.63) is 41.7 Å². The zero-order valence-corrected chi connectivity index (χ0v) is 12.2. The average Bonchev–Trinajstić information content (AvgIpc) is 2.48. The van der Waals surface area contributed by atoms with Crippen LogP contribution >= 0.6 is 11.8 Å². The summed E-state index contributed by atoms with van der Waals surface area (Å²) in [4.78, 5) is 21.9. The number of rotatable bonds is 3. The van der Waals surface area contributed by atoms with Gasteiger partial charge >= 0.3 is 0 Å². The number of hydrogen-bond donors (Lipinski definition) is 0. The SMILES string of the molecule is CCSc1ccc(-c2ncc3c(n2)CCCC3=O)cc1. The summed E-state index contributed by atoms with van der Waals surface area (Å²) in [6.07, 6.45) is 4.08. The van der Waals surface area contributed by atoms with Gasteiger partial charge in [-0.25, -0.2) is 9.97 Å². The van der Waals surface area contributed by atoms with Crippen molar-refractivity contribution in [3.63, 3.8) is 0 Å². The van der Waals surface area contributed by atoms with Crippen molar-refractivity contribution in [2.24, 2.45) is 0 Å². The smallest absolute Gasteiger partial charge is 0.166 e. The van der Waals surface area contributed by atoms with Crippen LogP contribution in [0.4, 0.5) is 0 Å². The van der Waals surface area contributed by atoms with Crippen LogP contribution in [-0.2, 0) is 6.42 Å². The van der Waals surface area contributed by atoms with E-state index in [0.29, 0.717) is 17.8 Å². The molecule has 0 bridgehead atoms. The molecule has 1 heterocycles. The maximum absolute atomic E-state index is 11.8. The number of Topliss-reactive ketones (excluding diaryl/α,β-unsaturated/α-hetero) is 1. The largest absolute Gasteiger partial charge is 0.294 e. The van der Waals surface area contributed by atoms with Crippen LogP contribution in [0.5, 0.6) is 0 Å². The minimum Gasteiger partial charge on any atom is -0.294 e. The number of carbonyl (C=O) groups is 1. The third-order valence-corrected chi connectivity index (χ3v) is 4.30. The van der Waals surface area contributed by atoms with Gasteiger partial charge in [0.15, 0.2) is 11.6 Å². The molecule has 1 aromatic carbocycles. The number of aromatic nitrogens is 2. The van der Waals surface area contributed by atoms with E-state index in [2.05, 4.69) is 29.0 Å². The Hall–Kier alpha value is -1.68. The monoisotopic (exact) mass is 284 g/mol. The zero-order valence-electron chi connectivity index (χ0n) is 11.4. The number of benzene rings is 1. The van der Waals surface area contributed by atoms with E-state index in [9.17, 15) is 4.79 Å². The fourth-order valence-corrected chi connectivity index (χ4v) is 3.06. The third kappa shape index (κ3) is 2.61. The molecule has 0 aliphatic heterocycles. The number of aryl methyl sites for hydroxylation is 1. The van der Waals surface area contributed by atoms with Gasteiger partial charge in [-0.1, -0.05) is 19.1 Å². The highest BCUT2D eigenvalue weighted by molar-refractivity contribution is 7.99. The Morgan fingerprint density at radius 2 is 2.00 bits per heavy atom. The molecule has 1 aliphatic carbocycles. The molecule has 2 aromatic rings. The van der Waals surface area contributed by atoms with Crippen molar-refractivity contribution in [1.82, 2.24) is 9.97 Å². The summed E-state index contributed by atoms with van der Waals surface area (Å²) in [5.74, 6) is 1.95. The number of hydrogen-bond acceptors (Lipinski definition) is 4. The Balaban J connectivity index is 1.92. The second-order valence-electron chi connectivity index (χ2n) is 4.79. The van der Waals surface area contributed by atoms with Crippen LogP contribution in [0.15, 0.2) is 35.4 Å². The van der Waals surface area contributed by atoms with Gasteiger partial charge in [0, 0.05) is 23.1 Å². The van der Waals surface area contributed by atoms with E-state index < -0.39 is 0 Å². The average molecular weight is 284 g/mol. The first-order valence-electron chi connectivity index (χ1n) is 6.90. The molecule has 0 fully saturated rings. The van der Waals surface area contributed by atoms with Crippen LogP contribution in [0, 0.1) is 0 Å². The normalized spacial score (nSPS) is 14.2. The maximum atomic E-state index is 11.8. The number of nitrogens with zero attached hydrogens (tertiary/aromatic N) is 2. The summed E-state index contributed by atoms with van der Waals surface area (Å²) in [7, 11) is 0. The molecule has 20 heavy (non-hydrogen) atoms. The molecule has 0 unspecified atom stereocenters. The lowest BCUT2D eigenvalue weighted by Crippen LogP contribution is -2.13. The predicted octanol–water partition coefficient (Wildman–Crippen LogP) is 3.77. The van der Waals surface area contributed by atoms with Crippen LogP contribution < -0.4 is 0 Å². The summed E-state index contributed by atoms with van der Waals surface area (Å²) in [6, 6.07) is 8.28. The summed E-state index contributed by atoms with van der Waals surface area (Å²) in [5, 5.41) is 0. The molecular formula is C16H16N2OS. The molecule has 1 aliphatic rings. The second kappa shape index (κ2) is 5.75. The Kier molecular flexibility index (Phi) is 3.83. The standard InChI is InChI=1S/C16H16N2OS/c1-2-20-12-8-6-11(7-9-12)16-17-10-13-14(18-16)4-3-5-15(13)19/h6-10H,2-5H2,1H3. The molecule has 0 N–H and O–H groups in total. The highest BCUT2D eigenvalue weighted by atomic mass is 32.2. The Morgan fingerprint density at radius 1 is 1.20 bits per heavy atom. The summed E-state index contributed by atoms with van der Waals surface area (Å²) >= 11 is 1.82. The van der Waals surface area contributed by atoms with Gasteiger partial charge in [-0.3, -0.25) is 4.79 Å². The predicted molar refractivity (Wildman–Crippen MR) is 81.1 cm³/mol. The molecule has 3 nitrogen and oxygen atoms in total. The molecule has 0 radical (unpaired) electrons. The van der Waals surface area contributed by atoms with Crippen LogP contribution in [-0.4, -0.2) is 21.5 Å². The molecule has 0 saturated carbocycles. The Morgan fingerprint density at radius 3 is 2.75 bits per heavy atom. The summed E-state index contributed by atoms with van der Waals surface area (Å²) in [5.41, 5.74) is 2.61. The second-order valence-corrected chi connectivity index (χ2v) is 6.13. The van der Waals surface area contributed by atoms with Gasteiger partial charge in [-0.05, 0) is 30.7 Å². The quantitative estimate of drug-likeness (QED) is 0.805. The van der Waals surface area contributed by atoms with Crippen LogP contribution in [0.3, 0.4) is 0 Å². The fourth-order valence-electron chi connectivity index (χ4n) is 2.40. The lowest BCUT2D eigenvalue weighted by atomic mass is 9.96. The van der Waals surface area contributed by atoms with E-state index in [4.69, 9.17) is 0 Å². The first-order valence-corrected chi connectivity index (χ1v) is 7.89. The molecule has 0 saturated heterocycles. The molecule has 1 aromatic heterocycles. The van der Waals surface area contributed by atoms with E-state index in [-0.39, 0.29) is 5.78 Å². The van der Waals surface area contributed by atoms with Crippen molar-refractivity contribution in [2.45, 2.75) is 31.1 Å². The molecule has 0 atom stereocenters. The van der Waals surface area contributed by atoms with Crippen molar-refractivity contribution < 1.29 is 4.79 Å². The number of thioether (sulfide) groups is 1. The number of ketones is 1. The lowest BCUT2D eigenvalue weighted by Gasteiger charge is -2.13. The van der Waals surface area contributed by atoms with E-state index >= 15 is 0 Å². The van der Waals surface area contributed by atoms with E-state index in [1.165, 1.54) is 4.90 Å². The lowest BCUT2D eigenvalue weighted by molar-refractivity contribution is 0.0971. The van der Waals surface area contributed by atoms with E-state index in [1.807, 2.05) is 23.9 Å². The maximum Gasteiger partial charge on any atom is 0.166 e. The first kappa shape index (κ1) is 13.3. The minimum absolute atomic E-state index is 0.174. The van der Waals surface area contributed by atoms with Crippen molar-refractivity contribution in [1.29, 1.82) is 0 Å². The first-order chi connectivity index (χ1) is 9.78. The fraction of sp³-hybridized carbons (Fsp3) is 0.312. The van der Waals surface area contributed by atoms with Gasteiger partial charge in [-0.15, -0.1) is 11.8 Å². The molecule has 4 heteroatoms. The van der Waals surface area contributed by atoms with Crippen LogP contribution in [0.2, 0.25) is 0 Å². The molecule has 3 rings (SSSR count). The van der Waals surface area contributed by atoms with Gasteiger partial charge in [0.25, 0.3) is 0 Å². The van der Waals surface area contributed by atoms with Gasteiger partial charge in [0.2, 0.25) is 0 Å². The van der Waals surface area contributed by atoms with Gasteiger partial charge in [0.1, 0.15) is 0 Å². The van der Waals surface area contributed by atoms with Gasteiger partial charge in [-0.2, -0.15) is 0 Å². The summed E-state index contributed by atoms with van der Waals surface area (Å²) in [6.45, 7) is 2.14. The Bertz CT molecular complexity index is 637. The molecule has 102 valence electrons. The topological polar surface area (TPSA) is 42.9 Å². The molecule has 0 spiro atoms.